The average molecular weight is 280 g/mol. The third-order valence-electron chi connectivity index (χ3n) is 3.53. The smallest absolute Gasteiger partial charge is 0.126 e. The van der Waals surface area contributed by atoms with Crippen LogP contribution in [0.25, 0.3) is 21.8 Å². The van der Waals surface area contributed by atoms with Crippen molar-refractivity contribution in [3.05, 3.63) is 59.7 Å². The van der Waals surface area contributed by atoms with Crippen molar-refractivity contribution in [3.63, 3.8) is 0 Å². The van der Waals surface area contributed by atoms with Gasteiger partial charge in [-0.1, -0.05) is 59.9 Å². The predicted molar refractivity (Wildman–Crippen MR) is 86.9 cm³/mol. The summed E-state index contributed by atoms with van der Waals surface area (Å²) in [6, 6.07) is 16.4. The van der Waals surface area contributed by atoms with E-state index in [-0.39, 0.29) is 0 Å². The summed E-state index contributed by atoms with van der Waals surface area (Å²) in [6.45, 7) is 4.23. The van der Waals surface area contributed by atoms with Crippen LogP contribution in [0.1, 0.15) is 11.1 Å². The Hall–Kier alpha value is -2.13. The molecular weight excluding hydrogens is 264 g/mol. The standard InChI is InChI=1S/C17H16N2S/c1-11-7-6-10-14(12(11)2)15-16(18)20-17(19-15)13-8-4-3-5-9-13/h3-10H,18H2,1-2H3. The van der Waals surface area contributed by atoms with E-state index in [9.17, 15) is 0 Å². The molecule has 1 aromatic heterocycles. The van der Waals surface area contributed by atoms with Gasteiger partial charge in [-0.3, -0.25) is 0 Å². The van der Waals surface area contributed by atoms with Gasteiger partial charge in [-0.05, 0) is 25.0 Å². The highest BCUT2D eigenvalue weighted by atomic mass is 32.1. The maximum absolute atomic E-state index is 6.19. The molecule has 2 N–H and O–H groups in total. The van der Waals surface area contributed by atoms with Crippen LogP contribution in [0.4, 0.5) is 5.00 Å². The van der Waals surface area contributed by atoms with Crippen LogP contribution in [0, 0.1) is 13.8 Å². The monoisotopic (exact) mass is 280 g/mol. The number of benzene rings is 2. The van der Waals surface area contributed by atoms with Gasteiger partial charge in [-0.15, -0.1) is 0 Å². The third-order valence-corrected chi connectivity index (χ3v) is 4.47. The van der Waals surface area contributed by atoms with Gasteiger partial charge < -0.3 is 5.73 Å². The quantitative estimate of drug-likeness (QED) is 0.740. The summed E-state index contributed by atoms with van der Waals surface area (Å²) in [5.74, 6) is 0. The van der Waals surface area contributed by atoms with Gasteiger partial charge in [0.05, 0.1) is 0 Å². The zero-order valence-corrected chi connectivity index (χ0v) is 12.4. The lowest BCUT2D eigenvalue weighted by molar-refractivity contribution is 1.31. The van der Waals surface area contributed by atoms with Crippen LogP contribution in [0.15, 0.2) is 48.5 Å². The van der Waals surface area contributed by atoms with E-state index in [4.69, 9.17) is 10.7 Å². The maximum atomic E-state index is 6.19. The van der Waals surface area contributed by atoms with Gasteiger partial charge in [0.1, 0.15) is 15.7 Å². The second kappa shape index (κ2) is 5.10. The number of anilines is 1. The van der Waals surface area contributed by atoms with Crippen molar-refractivity contribution < 1.29 is 0 Å². The van der Waals surface area contributed by atoms with E-state index in [0.717, 1.165) is 26.8 Å². The van der Waals surface area contributed by atoms with E-state index in [1.165, 1.54) is 11.1 Å². The van der Waals surface area contributed by atoms with Gasteiger partial charge >= 0.3 is 0 Å². The molecule has 0 bridgehead atoms. The number of hydrogen-bond donors (Lipinski definition) is 1. The topological polar surface area (TPSA) is 38.9 Å². The first-order valence-corrected chi connectivity index (χ1v) is 7.37. The number of aromatic nitrogens is 1. The summed E-state index contributed by atoms with van der Waals surface area (Å²) in [7, 11) is 0. The molecule has 3 heteroatoms. The van der Waals surface area contributed by atoms with Crippen LogP contribution in [-0.2, 0) is 0 Å². The highest BCUT2D eigenvalue weighted by Crippen LogP contribution is 2.37. The third kappa shape index (κ3) is 2.21. The molecule has 0 aliphatic carbocycles. The SMILES string of the molecule is Cc1cccc(-c2nc(-c3ccccc3)sc2N)c1C. The molecule has 0 fully saturated rings. The molecule has 3 aromatic rings. The molecule has 0 unspecified atom stereocenters. The van der Waals surface area contributed by atoms with Gasteiger partial charge in [0, 0.05) is 11.1 Å². The molecule has 3 rings (SSSR count). The van der Waals surface area contributed by atoms with Gasteiger partial charge in [0.2, 0.25) is 0 Å². The Morgan fingerprint density at radius 1 is 0.950 bits per heavy atom. The summed E-state index contributed by atoms with van der Waals surface area (Å²) in [4.78, 5) is 4.75. The molecule has 0 saturated carbocycles. The second-order valence-electron chi connectivity index (χ2n) is 4.85. The number of nitrogens with two attached hydrogens (primary N) is 1. The molecule has 2 aromatic carbocycles. The molecule has 20 heavy (non-hydrogen) atoms. The number of thiazole rings is 1. The first-order chi connectivity index (χ1) is 9.66. The molecule has 0 aliphatic heterocycles. The minimum atomic E-state index is 0.776. The summed E-state index contributed by atoms with van der Waals surface area (Å²) in [5, 5.41) is 1.75. The van der Waals surface area contributed by atoms with Crippen LogP contribution < -0.4 is 5.73 Å². The van der Waals surface area contributed by atoms with Crippen LogP contribution in [0.2, 0.25) is 0 Å². The molecule has 100 valence electrons. The molecule has 0 amide bonds. The molecule has 0 aliphatic rings. The predicted octanol–water partition coefficient (Wildman–Crippen LogP) is 4.68. The highest BCUT2D eigenvalue weighted by molar-refractivity contribution is 7.19. The lowest BCUT2D eigenvalue weighted by Crippen LogP contribution is -1.91. The first-order valence-electron chi connectivity index (χ1n) is 6.55. The van der Waals surface area contributed by atoms with E-state index < -0.39 is 0 Å². The first kappa shape index (κ1) is 12.9. The minimum Gasteiger partial charge on any atom is -0.389 e. The molecule has 0 spiro atoms. The molecule has 0 saturated heterocycles. The second-order valence-corrected chi connectivity index (χ2v) is 5.88. The Bertz CT molecular complexity index is 745. The Morgan fingerprint density at radius 3 is 2.45 bits per heavy atom. The Labute approximate surface area is 122 Å². The fraction of sp³-hybridized carbons (Fsp3) is 0.118. The van der Waals surface area contributed by atoms with Crippen molar-refractivity contribution in [2.45, 2.75) is 13.8 Å². The van der Waals surface area contributed by atoms with Gasteiger partial charge in [-0.25, -0.2) is 4.98 Å². The van der Waals surface area contributed by atoms with E-state index in [0.29, 0.717) is 0 Å². The molecule has 0 radical (unpaired) electrons. The minimum absolute atomic E-state index is 0.776. The van der Waals surface area contributed by atoms with Crippen molar-refractivity contribution in [1.82, 2.24) is 4.98 Å². The van der Waals surface area contributed by atoms with Gasteiger partial charge in [0.15, 0.2) is 0 Å². The largest absolute Gasteiger partial charge is 0.389 e. The average Bonchev–Trinajstić information content (AvgIpc) is 2.85. The maximum Gasteiger partial charge on any atom is 0.126 e. The van der Waals surface area contributed by atoms with Crippen molar-refractivity contribution in [2.24, 2.45) is 0 Å². The summed E-state index contributed by atoms with van der Waals surface area (Å²) < 4.78 is 0. The number of nitrogens with zero attached hydrogens (tertiary/aromatic N) is 1. The van der Waals surface area contributed by atoms with E-state index >= 15 is 0 Å². The normalized spacial score (nSPS) is 10.7. The number of aryl methyl sites for hydroxylation is 1. The van der Waals surface area contributed by atoms with Crippen molar-refractivity contribution >= 4 is 16.3 Å². The zero-order chi connectivity index (χ0) is 14.1. The number of hydrogen-bond acceptors (Lipinski definition) is 3. The Kier molecular flexibility index (Phi) is 3.28. The van der Waals surface area contributed by atoms with Crippen molar-refractivity contribution in [3.8, 4) is 21.8 Å². The number of rotatable bonds is 2. The highest BCUT2D eigenvalue weighted by Gasteiger charge is 2.14. The lowest BCUT2D eigenvalue weighted by Gasteiger charge is -2.06. The summed E-state index contributed by atoms with van der Waals surface area (Å²) >= 11 is 1.54. The van der Waals surface area contributed by atoms with Crippen LogP contribution >= 0.6 is 11.3 Å². The molecule has 1 heterocycles. The molecular formula is C17H16N2S. The van der Waals surface area contributed by atoms with E-state index in [1.807, 2.05) is 18.2 Å². The summed E-state index contributed by atoms with van der Waals surface area (Å²) in [6.07, 6.45) is 0. The van der Waals surface area contributed by atoms with E-state index in [1.54, 1.807) is 11.3 Å². The van der Waals surface area contributed by atoms with Gasteiger partial charge in [-0.2, -0.15) is 0 Å². The van der Waals surface area contributed by atoms with E-state index in [2.05, 4.69) is 44.2 Å². The molecule has 0 atom stereocenters. The Morgan fingerprint density at radius 2 is 1.70 bits per heavy atom. The van der Waals surface area contributed by atoms with Crippen LogP contribution in [-0.4, -0.2) is 4.98 Å². The van der Waals surface area contributed by atoms with Crippen LogP contribution in [0.5, 0.6) is 0 Å². The zero-order valence-electron chi connectivity index (χ0n) is 11.6. The molecule has 2 nitrogen and oxygen atoms in total. The van der Waals surface area contributed by atoms with Gasteiger partial charge in [0.25, 0.3) is 0 Å². The number of nitrogen functional groups attached to an aromatic ring is 1. The lowest BCUT2D eigenvalue weighted by atomic mass is 10.0. The fourth-order valence-electron chi connectivity index (χ4n) is 2.24. The Balaban J connectivity index is 2.12. The summed E-state index contributed by atoms with van der Waals surface area (Å²) in [5.41, 5.74) is 11.8. The van der Waals surface area contributed by atoms with Crippen LogP contribution in [0.3, 0.4) is 0 Å². The fourth-order valence-corrected chi connectivity index (χ4v) is 3.09. The van der Waals surface area contributed by atoms with Crippen molar-refractivity contribution in [1.29, 1.82) is 0 Å². The van der Waals surface area contributed by atoms with Crippen molar-refractivity contribution in [2.75, 3.05) is 5.73 Å².